The molecule has 2 aromatic rings. The van der Waals surface area contributed by atoms with Crippen molar-refractivity contribution in [2.24, 2.45) is 0 Å². The first-order chi connectivity index (χ1) is 5.36. The minimum atomic E-state index is -0.203. The van der Waals surface area contributed by atoms with Crippen LogP contribution in [-0.4, -0.2) is 15.2 Å². The summed E-state index contributed by atoms with van der Waals surface area (Å²) in [5.41, 5.74) is 0.546. The van der Waals surface area contributed by atoms with Gasteiger partial charge in [-0.3, -0.25) is 9.78 Å². The van der Waals surface area contributed by atoms with Gasteiger partial charge >= 0.3 is 0 Å². The standard InChI is InChI=1S/C7H5N3O/c11-7-3-5-4-8-2-1-6(5)9-10-7/h1-4H,(H,10,11). The Morgan fingerprint density at radius 2 is 2.36 bits per heavy atom. The number of aromatic amines is 1. The van der Waals surface area contributed by atoms with Crippen molar-refractivity contribution in [2.45, 2.75) is 0 Å². The second kappa shape index (κ2) is 2.16. The molecule has 0 saturated heterocycles. The average molecular weight is 147 g/mol. The molecule has 11 heavy (non-hydrogen) atoms. The van der Waals surface area contributed by atoms with Crippen molar-refractivity contribution in [2.75, 3.05) is 0 Å². The molecule has 0 saturated carbocycles. The summed E-state index contributed by atoms with van der Waals surface area (Å²) in [4.78, 5) is 14.6. The maximum Gasteiger partial charge on any atom is 0.264 e. The molecule has 0 atom stereocenters. The molecule has 4 heteroatoms. The summed E-state index contributed by atoms with van der Waals surface area (Å²) in [5, 5.41) is 6.90. The first kappa shape index (κ1) is 6.03. The van der Waals surface area contributed by atoms with Gasteiger partial charge in [0, 0.05) is 23.8 Å². The van der Waals surface area contributed by atoms with Crippen LogP contribution in [0.2, 0.25) is 0 Å². The molecule has 54 valence electrons. The summed E-state index contributed by atoms with van der Waals surface area (Å²) in [5.74, 6) is 0. The van der Waals surface area contributed by atoms with E-state index >= 15 is 0 Å². The van der Waals surface area contributed by atoms with E-state index in [0.717, 1.165) is 10.9 Å². The quantitative estimate of drug-likeness (QED) is 0.583. The molecule has 1 N–H and O–H groups in total. The van der Waals surface area contributed by atoms with Crippen LogP contribution in [0.15, 0.2) is 29.3 Å². The van der Waals surface area contributed by atoms with Crippen LogP contribution in [0, 0.1) is 0 Å². The Hall–Kier alpha value is -1.71. The number of H-pyrrole nitrogens is 1. The predicted octanol–water partition coefficient (Wildman–Crippen LogP) is 0.318. The Morgan fingerprint density at radius 3 is 3.27 bits per heavy atom. The molecule has 2 heterocycles. The summed E-state index contributed by atoms with van der Waals surface area (Å²) in [7, 11) is 0. The van der Waals surface area contributed by atoms with Gasteiger partial charge in [0.05, 0.1) is 5.52 Å². The molecule has 0 aliphatic rings. The van der Waals surface area contributed by atoms with Gasteiger partial charge in [-0.05, 0) is 6.07 Å². The highest BCUT2D eigenvalue weighted by molar-refractivity contribution is 5.75. The third-order valence-corrected chi connectivity index (χ3v) is 1.40. The third-order valence-electron chi connectivity index (χ3n) is 1.40. The second-order valence-electron chi connectivity index (χ2n) is 2.17. The number of fused-ring (bicyclic) bond motifs is 1. The van der Waals surface area contributed by atoms with Gasteiger partial charge in [-0.25, -0.2) is 5.10 Å². The fourth-order valence-electron chi connectivity index (χ4n) is 0.901. The summed E-state index contributed by atoms with van der Waals surface area (Å²) in [6, 6.07) is 3.21. The topological polar surface area (TPSA) is 58.6 Å². The first-order valence-corrected chi connectivity index (χ1v) is 3.16. The monoisotopic (exact) mass is 147 g/mol. The maximum atomic E-state index is 10.7. The molecule has 2 rings (SSSR count). The highest BCUT2D eigenvalue weighted by Crippen LogP contribution is 2.02. The highest BCUT2D eigenvalue weighted by Gasteiger charge is 1.92. The number of pyridine rings is 1. The molecule has 0 radical (unpaired) electrons. The van der Waals surface area contributed by atoms with Gasteiger partial charge in [-0.15, -0.1) is 0 Å². The minimum absolute atomic E-state index is 0.203. The number of rotatable bonds is 0. The number of aromatic nitrogens is 3. The number of nitrogens with one attached hydrogen (secondary N) is 1. The molecule has 0 aromatic carbocycles. The van der Waals surface area contributed by atoms with Gasteiger partial charge in [0.15, 0.2) is 0 Å². The van der Waals surface area contributed by atoms with Crippen LogP contribution < -0.4 is 5.56 Å². The van der Waals surface area contributed by atoms with E-state index in [1.54, 1.807) is 18.5 Å². The lowest BCUT2D eigenvalue weighted by Crippen LogP contribution is -2.05. The minimum Gasteiger partial charge on any atom is -0.268 e. The van der Waals surface area contributed by atoms with E-state index in [0.29, 0.717) is 0 Å². The SMILES string of the molecule is O=c1cc2cnccc2n[nH]1. The third kappa shape index (κ3) is 0.980. The normalized spacial score (nSPS) is 10.2. The van der Waals surface area contributed by atoms with Crippen molar-refractivity contribution in [1.82, 2.24) is 15.2 Å². The molecular formula is C7H5N3O. The van der Waals surface area contributed by atoms with Crippen LogP contribution in [0.5, 0.6) is 0 Å². The fourth-order valence-corrected chi connectivity index (χ4v) is 0.901. The van der Waals surface area contributed by atoms with Crippen molar-refractivity contribution in [3.8, 4) is 0 Å². The van der Waals surface area contributed by atoms with Crippen molar-refractivity contribution in [1.29, 1.82) is 0 Å². The lowest BCUT2D eigenvalue weighted by molar-refractivity contribution is 1.03. The molecule has 0 aliphatic heterocycles. The maximum absolute atomic E-state index is 10.7. The predicted molar refractivity (Wildman–Crippen MR) is 40.2 cm³/mol. The fraction of sp³-hybridized carbons (Fsp3) is 0. The Morgan fingerprint density at radius 1 is 1.45 bits per heavy atom. The summed E-state index contributed by atoms with van der Waals surface area (Å²) in [6.07, 6.45) is 3.24. The van der Waals surface area contributed by atoms with Gasteiger partial charge in [0.2, 0.25) is 0 Å². The van der Waals surface area contributed by atoms with Crippen LogP contribution in [0.1, 0.15) is 0 Å². The lowest BCUT2D eigenvalue weighted by Gasteiger charge is -1.90. The van der Waals surface area contributed by atoms with Crippen LogP contribution in [-0.2, 0) is 0 Å². The van der Waals surface area contributed by atoms with E-state index in [4.69, 9.17) is 0 Å². The zero-order chi connectivity index (χ0) is 7.68. The van der Waals surface area contributed by atoms with Gasteiger partial charge < -0.3 is 0 Å². The van der Waals surface area contributed by atoms with E-state index in [-0.39, 0.29) is 5.56 Å². The average Bonchev–Trinajstić information content (AvgIpc) is 2.04. The van der Waals surface area contributed by atoms with E-state index < -0.39 is 0 Å². The molecule has 0 unspecified atom stereocenters. The van der Waals surface area contributed by atoms with Crippen LogP contribution in [0.4, 0.5) is 0 Å². The van der Waals surface area contributed by atoms with E-state index in [9.17, 15) is 4.79 Å². The van der Waals surface area contributed by atoms with E-state index in [1.807, 2.05) is 0 Å². The molecule has 0 aliphatic carbocycles. The highest BCUT2D eigenvalue weighted by atomic mass is 16.1. The zero-order valence-corrected chi connectivity index (χ0v) is 5.61. The van der Waals surface area contributed by atoms with Gasteiger partial charge in [0.25, 0.3) is 5.56 Å². The van der Waals surface area contributed by atoms with E-state index in [1.165, 1.54) is 6.07 Å². The van der Waals surface area contributed by atoms with E-state index in [2.05, 4.69) is 15.2 Å². The Labute approximate surface area is 61.9 Å². The number of hydrogen-bond donors (Lipinski definition) is 1. The molecule has 0 amide bonds. The van der Waals surface area contributed by atoms with Gasteiger partial charge in [-0.1, -0.05) is 0 Å². The Kier molecular flexibility index (Phi) is 1.18. The van der Waals surface area contributed by atoms with Gasteiger partial charge in [-0.2, -0.15) is 5.10 Å². The summed E-state index contributed by atoms with van der Waals surface area (Å²) < 4.78 is 0. The summed E-state index contributed by atoms with van der Waals surface area (Å²) >= 11 is 0. The summed E-state index contributed by atoms with van der Waals surface area (Å²) in [6.45, 7) is 0. The van der Waals surface area contributed by atoms with Crippen LogP contribution >= 0.6 is 0 Å². The molecule has 0 fully saturated rings. The Bertz CT molecular complexity index is 435. The first-order valence-electron chi connectivity index (χ1n) is 3.16. The molecule has 2 aromatic heterocycles. The van der Waals surface area contributed by atoms with Crippen molar-refractivity contribution in [3.05, 3.63) is 34.9 Å². The zero-order valence-electron chi connectivity index (χ0n) is 5.61. The van der Waals surface area contributed by atoms with Crippen molar-refractivity contribution in [3.63, 3.8) is 0 Å². The molecule has 0 bridgehead atoms. The molecular weight excluding hydrogens is 142 g/mol. The molecule has 4 nitrogen and oxygen atoms in total. The van der Waals surface area contributed by atoms with Crippen LogP contribution in [0.25, 0.3) is 10.9 Å². The van der Waals surface area contributed by atoms with Crippen molar-refractivity contribution < 1.29 is 0 Å². The smallest absolute Gasteiger partial charge is 0.264 e. The lowest BCUT2D eigenvalue weighted by atomic mass is 10.3. The number of hydrogen-bond acceptors (Lipinski definition) is 3. The molecule has 0 spiro atoms. The Balaban J connectivity index is 2.94. The second-order valence-corrected chi connectivity index (χ2v) is 2.17. The van der Waals surface area contributed by atoms with Crippen molar-refractivity contribution >= 4 is 10.9 Å². The number of nitrogens with zero attached hydrogens (tertiary/aromatic N) is 2. The van der Waals surface area contributed by atoms with Gasteiger partial charge in [0.1, 0.15) is 0 Å². The largest absolute Gasteiger partial charge is 0.268 e. The van der Waals surface area contributed by atoms with Crippen LogP contribution in [0.3, 0.4) is 0 Å².